The molecule has 0 saturated carbocycles. The Bertz CT molecular complexity index is 531. The van der Waals surface area contributed by atoms with E-state index in [-0.39, 0.29) is 18.2 Å². The number of ether oxygens (including phenoxy) is 1. The van der Waals surface area contributed by atoms with Crippen molar-refractivity contribution in [2.75, 3.05) is 5.73 Å². The molecule has 88 valence electrons. The Morgan fingerprint density at radius 1 is 1.18 bits per heavy atom. The second-order valence-electron chi connectivity index (χ2n) is 3.57. The van der Waals surface area contributed by atoms with Crippen LogP contribution < -0.4 is 10.5 Å². The summed E-state index contributed by atoms with van der Waals surface area (Å²) >= 11 is 5.87. The van der Waals surface area contributed by atoms with Gasteiger partial charge >= 0.3 is 0 Å². The number of hydrogen-bond acceptors (Lipinski definition) is 2. The molecular weight excluding hydrogens is 241 g/mol. The summed E-state index contributed by atoms with van der Waals surface area (Å²) in [6.07, 6.45) is 0. The van der Waals surface area contributed by atoms with E-state index in [4.69, 9.17) is 22.1 Å². The largest absolute Gasteiger partial charge is 0.486 e. The summed E-state index contributed by atoms with van der Waals surface area (Å²) in [7, 11) is 0. The Morgan fingerprint density at radius 2 is 1.94 bits per heavy atom. The van der Waals surface area contributed by atoms with Gasteiger partial charge in [-0.2, -0.15) is 0 Å². The van der Waals surface area contributed by atoms with Gasteiger partial charge in [0, 0.05) is 0 Å². The number of anilines is 1. The van der Waals surface area contributed by atoms with Crippen LogP contribution >= 0.6 is 11.6 Å². The van der Waals surface area contributed by atoms with Crippen molar-refractivity contribution in [3.05, 3.63) is 58.9 Å². The highest BCUT2D eigenvalue weighted by molar-refractivity contribution is 6.33. The van der Waals surface area contributed by atoms with Crippen molar-refractivity contribution in [1.82, 2.24) is 0 Å². The molecule has 0 saturated heterocycles. The summed E-state index contributed by atoms with van der Waals surface area (Å²) < 4.78 is 18.6. The molecule has 0 aromatic heterocycles. The van der Waals surface area contributed by atoms with E-state index >= 15 is 0 Å². The Morgan fingerprint density at radius 3 is 2.65 bits per heavy atom. The van der Waals surface area contributed by atoms with E-state index in [1.807, 2.05) is 0 Å². The van der Waals surface area contributed by atoms with Gasteiger partial charge in [0.15, 0.2) is 11.6 Å². The van der Waals surface area contributed by atoms with Gasteiger partial charge in [0.1, 0.15) is 6.61 Å². The molecule has 0 unspecified atom stereocenters. The number of nitrogen functional groups attached to an aromatic ring is 1. The van der Waals surface area contributed by atoms with Crippen LogP contribution in [0.4, 0.5) is 10.1 Å². The van der Waals surface area contributed by atoms with E-state index in [1.54, 1.807) is 36.4 Å². The zero-order chi connectivity index (χ0) is 12.3. The SMILES string of the molecule is Nc1ccc(COc2ccccc2F)cc1Cl. The zero-order valence-electron chi connectivity index (χ0n) is 8.99. The van der Waals surface area contributed by atoms with Crippen molar-refractivity contribution in [3.63, 3.8) is 0 Å². The van der Waals surface area contributed by atoms with E-state index in [9.17, 15) is 4.39 Å². The van der Waals surface area contributed by atoms with Gasteiger partial charge in [0.2, 0.25) is 0 Å². The summed E-state index contributed by atoms with van der Waals surface area (Å²) in [5.41, 5.74) is 6.94. The molecule has 0 aliphatic heterocycles. The lowest BCUT2D eigenvalue weighted by atomic mass is 10.2. The molecule has 0 bridgehead atoms. The smallest absolute Gasteiger partial charge is 0.165 e. The topological polar surface area (TPSA) is 35.2 Å². The van der Waals surface area contributed by atoms with Crippen molar-refractivity contribution in [2.24, 2.45) is 0 Å². The van der Waals surface area contributed by atoms with E-state index in [1.165, 1.54) is 6.07 Å². The highest BCUT2D eigenvalue weighted by Crippen LogP contribution is 2.22. The quantitative estimate of drug-likeness (QED) is 0.846. The number of para-hydroxylation sites is 1. The molecule has 2 aromatic rings. The van der Waals surface area contributed by atoms with Crippen LogP contribution in [0.15, 0.2) is 42.5 Å². The first-order valence-electron chi connectivity index (χ1n) is 5.08. The van der Waals surface area contributed by atoms with Gasteiger partial charge < -0.3 is 10.5 Å². The fourth-order valence-electron chi connectivity index (χ4n) is 1.38. The summed E-state index contributed by atoms with van der Waals surface area (Å²) in [4.78, 5) is 0. The van der Waals surface area contributed by atoms with Gasteiger partial charge in [0.05, 0.1) is 10.7 Å². The number of nitrogens with two attached hydrogens (primary N) is 1. The maximum absolute atomic E-state index is 13.3. The lowest BCUT2D eigenvalue weighted by molar-refractivity contribution is 0.290. The summed E-state index contributed by atoms with van der Waals surface area (Å²) in [5.74, 6) is -0.158. The Hall–Kier alpha value is -1.74. The summed E-state index contributed by atoms with van der Waals surface area (Å²) in [6.45, 7) is 0.251. The van der Waals surface area contributed by atoms with Gasteiger partial charge in [-0.25, -0.2) is 4.39 Å². The Balaban J connectivity index is 2.08. The second kappa shape index (κ2) is 5.06. The molecule has 0 amide bonds. The second-order valence-corrected chi connectivity index (χ2v) is 3.98. The van der Waals surface area contributed by atoms with Crippen LogP contribution in [0.3, 0.4) is 0 Å². The molecule has 0 aliphatic rings. The van der Waals surface area contributed by atoms with Crippen LogP contribution in [-0.2, 0) is 6.61 Å². The minimum atomic E-state index is -0.381. The molecule has 2 aromatic carbocycles. The molecule has 0 radical (unpaired) electrons. The Labute approximate surface area is 104 Å². The van der Waals surface area contributed by atoms with Gasteiger partial charge in [-0.05, 0) is 29.8 Å². The molecule has 0 atom stereocenters. The number of rotatable bonds is 3. The first-order chi connectivity index (χ1) is 8.16. The van der Waals surface area contributed by atoms with Crippen LogP contribution in [0, 0.1) is 5.82 Å². The summed E-state index contributed by atoms with van der Waals surface area (Å²) in [5, 5.41) is 0.472. The Kier molecular flexibility index (Phi) is 3.49. The van der Waals surface area contributed by atoms with Crippen LogP contribution in [0.1, 0.15) is 5.56 Å². The maximum atomic E-state index is 13.3. The predicted molar refractivity (Wildman–Crippen MR) is 66.6 cm³/mol. The van der Waals surface area contributed by atoms with Crippen LogP contribution in [0.25, 0.3) is 0 Å². The molecule has 4 heteroatoms. The van der Waals surface area contributed by atoms with Crippen molar-refractivity contribution in [1.29, 1.82) is 0 Å². The van der Waals surface area contributed by atoms with Gasteiger partial charge in [0.25, 0.3) is 0 Å². The van der Waals surface area contributed by atoms with E-state index in [0.29, 0.717) is 10.7 Å². The third-order valence-corrected chi connectivity index (χ3v) is 2.62. The van der Waals surface area contributed by atoms with Crippen molar-refractivity contribution in [2.45, 2.75) is 6.61 Å². The molecule has 2 rings (SSSR count). The first kappa shape index (κ1) is 11.7. The fourth-order valence-corrected chi connectivity index (χ4v) is 1.59. The van der Waals surface area contributed by atoms with Crippen molar-refractivity contribution in [3.8, 4) is 5.75 Å². The first-order valence-corrected chi connectivity index (χ1v) is 5.46. The van der Waals surface area contributed by atoms with Crippen LogP contribution in [0.2, 0.25) is 5.02 Å². The van der Waals surface area contributed by atoms with E-state index in [2.05, 4.69) is 0 Å². The molecular formula is C13H11ClFNO. The zero-order valence-corrected chi connectivity index (χ0v) is 9.75. The molecule has 0 heterocycles. The van der Waals surface area contributed by atoms with E-state index in [0.717, 1.165) is 5.56 Å². The van der Waals surface area contributed by atoms with Crippen LogP contribution in [-0.4, -0.2) is 0 Å². The van der Waals surface area contributed by atoms with E-state index < -0.39 is 0 Å². The number of hydrogen-bond donors (Lipinski definition) is 1. The highest BCUT2D eigenvalue weighted by atomic mass is 35.5. The van der Waals surface area contributed by atoms with Gasteiger partial charge in [-0.1, -0.05) is 29.8 Å². The third-order valence-electron chi connectivity index (χ3n) is 2.30. The van der Waals surface area contributed by atoms with Crippen molar-refractivity contribution >= 4 is 17.3 Å². The monoisotopic (exact) mass is 251 g/mol. The third kappa shape index (κ3) is 2.88. The fraction of sp³-hybridized carbons (Fsp3) is 0.0769. The molecule has 17 heavy (non-hydrogen) atoms. The van der Waals surface area contributed by atoms with Crippen LogP contribution in [0.5, 0.6) is 5.75 Å². The molecule has 0 spiro atoms. The molecule has 2 nitrogen and oxygen atoms in total. The normalized spacial score (nSPS) is 10.2. The number of halogens is 2. The van der Waals surface area contributed by atoms with Gasteiger partial charge in [-0.15, -0.1) is 0 Å². The standard InChI is InChI=1S/C13H11ClFNO/c14-10-7-9(5-6-12(10)16)8-17-13-4-2-1-3-11(13)15/h1-7H,8,16H2. The minimum absolute atomic E-state index is 0.223. The lowest BCUT2D eigenvalue weighted by Crippen LogP contribution is -1.98. The highest BCUT2D eigenvalue weighted by Gasteiger charge is 2.03. The lowest BCUT2D eigenvalue weighted by Gasteiger charge is -2.08. The average Bonchev–Trinajstić information content (AvgIpc) is 2.32. The number of benzene rings is 2. The maximum Gasteiger partial charge on any atom is 0.165 e. The predicted octanol–water partition coefficient (Wildman–Crippen LogP) is 3.64. The average molecular weight is 252 g/mol. The molecule has 0 aliphatic carbocycles. The molecule has 2 N–H and O–H groups in total. The van der Waals surface area contributed by atoms with Crippen molar-refractivity contribution < 1.29 is 9.13 Å². The molecule has 0 fully saturated rings. The minimum Gasteiger partial charge on any atom is -0.486 e. The summed E-state index contributed by atoms with van der Waals surface area (Å²) in [6, 6.07) is 11.5. The van der Waals surface area contributed by atoms with Gasteiger partial charge in [-0.3, -0.25) is 0 Å².